The molecule has 1 aliphatic heterocycles. The molecular formula is C12H11F3O5. The van der Waals surface area contributed by atoms with Crippen LogP contribution < -0.4 is 4.74 Å². The summed E-state index contributed by atoms with van der Waals surface area (Å²) in [5.74, 6) is -1.48. The van der Waals surface area contributed by atoms with Crippen molar-refractivity contribution in [2.24, 2.45) is 0 Å². The third-order valence-electron chi connectivity index (χ3n) is 2.76. The van der Waals surface area contributed by atoms with Crippen LogP contribution in [0.15, 0.2) is 24.3 Å². The molecule has 1 fully saturated rings. The van der Waals surface area contributed by atoms with Crippen molar-refractivity contribution in [1.82, 2.24) is 0 Å². The number of benzene rings is 1. The fourth-order valence-electron chi connectivity index (χ4n) is 1.78. The maximum absolute atomic E-state index is 12.0. The van der Waals surface area contributed by atoms with Crippen LogP contribution in [0.1, 0.15) is 5.56 Å². The van der Waals surface area contributed by atoms with Crippen molar-refractivity contribution < 1.29 is 37.3 Å². The Labute approximate surface area is 111 Å². The molecule has 0 amide bonds. The molecule has 110 valence electrons. The number of alkyl halides is 3. The van der Waals surface area contributed by atoms with E-state index >= 15 is 0 Å². The smallest absolute Gasteiger partial charge is 0.480 e. The molecule has 0 bridgehead atoms. The first kappa shape index (κ1) is 14.6. The standard InChI is InChI=1S/C12H11F3O5/c13-12(14,15)20-9-3-1-8(2-4-9)11(6-18-7-11)19-5-10(16)17/h1-4H,5-7H2,(H,16,17). The second-order valence-electron chi connectivity index (χ2n) is 4.24. The summed E-state index contributed by atoms with van der Waals surface area (Å²) in [6.07, 6.45) is -4.75. The van der Waals surface area contributed by atoms with Gasteiger partial charge in [0.2, 0.25) is 0 Å². The predicted octanol–water partition coefficient (Wildman–Crippen LogP) is 1.91. The number of ether oxygens (including phenoxy) is 3. The van der Waals surface area contributed by atoms with Gasteiger partial charge in [-0.25, -0.2) is 4.79 Å². The van der Waals surface area contributed by atoms with Crippen molar-refractivity contribution in [2.75, 3.05) is 19.8 Å². The monoisotopic (exact) mass is 292 g/mol. The van der Waals surface area contributed by atoms with Gasteiger partial charge in [0, 0.05) is 0 Å². The Hall–Kier alpha value is -1.80. The molecule has 2 rings (SSSR count). The molecule has 20 heavy (non-hydrogen) atoms. The van der Waals surface area contributed by atoms with Crippen LogP contribution in [-0.2, 0) is 19.9 Å². The number of carboxylic acids is 1. The highest BCUT2D eigenvalue weighted by atomic mass is 19.4. The van der Waals surface area contributed by atoms with E-state index in [2.05, 4.69) is 4.74 Å². The van der Waals surface area contributed by atoms with Gasteiger partial charge in [0.05, 0.1) is 13.2 Å². The Kier molecular flexibility index (Phi) is 3.87. The van der Waals surface area contributed by atoms with E-state index < -0.39 is 24.5 Å². The molecule has 0 unspecified atom stereocenters. The summed E-state index contributed by atoms with van der Waals surface area (Å²) in [5, 5.41) is 8.60. The Morgan fingerprint density at radius 3 is 2.30 bits per heavy atom. The summed E-state index contributed by atoms with van der Waals surface area (Å²) in [5.41, 5.74) is -0.380. The zero-order chi connectivity index (χ0) is 14.8. The van der Waals surface area contributed by atoms with Crippen molar-refractivity contribution in [3.8, 4) is 5.75 Å². The largest absolute Gasteiger partial charge is 0.573 e. The Morgan fingerprint density at radius 1 is 1.30 bits per heavy atom. The first-order chi connectivity index (χ1) is 9.31. The van der Waals surface area contributed by atoms with Gasteiger partial charge in [0.15, 0.2) is 0 Å². The summed E-state index contributed by atoms with van der Waals surface area (Å²) in [7, 11) is 0. The number of rotatable bonds is 5. The van der Waals surface area contributed by atoms with Crippen LogP contribution in [0, 0.1) is 0 Å². The molecular weight excluding hydrogens is 281 g/mol. The highest BCUT2D eigenvalue weighted by molar-refractivity contribution is 5.68. The normalized spacial score (nSPS) is 17.4. The fraction of sp³-hybridized carbons (Fsp3) is 0.417. The van der Waals surface area contributed by atoms with Gasteiger partial charge in [0.25, 0.3) is 0 Å². The third-order valence-corrected chi connectivity index (χ3v) is 2.76. The Bertz CT molecular complexity index is 479. The van der Waals surface area contributed by atoms with Gasteiger partial charge < -0.3 is 19.3 Å². The highest BCUT2D eigenvalue weighted by Crippen LogP contribution is 2.35. The number of aliphatic carboxylic acids is 1. The number of hydrogen-bond donors (Lipinski definition) is 1. The van der Waals surface area contributed by atoms with Crippen molar-refractivity contribution in [2.45, 2.75) is 12.0 Å². The summed E-state index contributed by atoms with van der Waals surface area (Å²) in [6, 6.07) is 5.08. The maximum atomic E-state index is 12.0. The number of hydrogen-bond acceptors (Lipinski definition) is 4. The van der Waals surface area contributed by atoms with Crippen LogP contribution in [0.3, 0.4) is 0 Å². The lowest BCUT2D eigenvalue weighted by molar-refractivity contribution is -0.274. The summed E-state index contributed by atoms with van der Waals surface area (Å²) >= 11 is 0. The van der Waals surface area contributed by atoms with Gasteiger partial charge in [0.1, 0.15) is 18.0 Å². The van der Waals surface area contributed by atoms with Crippen LogP contribution in [0.2, 0.25) is 0 Å². The van der Waals surface area contributed by atoms with Gasteiger partial charge in [-0.2, -0.15) is 0 Å². The van der Waals surface area contributed by atoms with E-state index in [1.165, 1.54) is 12.1 Å². The van der Waals surface area contributed by atoms with Crippen LogP contribution in [0.4, 0.5) is 13.2 Å². The molecule has 0 saturated carbocycles. The predicted molar refractivity (Wildman–Crippen MR) is 59.2 cm³/mol. The van der Waals surface area contributed by atoms with Crippen molar-refractivity contribution in [3.63, 3.8) is 0 Å². The summed E-state index contributed by atoms with van der Waals surface area (Å²) < 4.78 is 50.1. The van der Waals surface area contributed by atoms with E-state index in [0.29, 0.717) is 5.56 Å². The first-order valence-corrected chi connectivity index (χ1v) is 5.61. The molecule has 0 radical (unpaired) electrons. The fourth-order valence-corrected chi connectivity index (χ4v) is 1.78. The molecule has 0 spiro atoms. The lowest BCUT2D eigenvalue weighted by Crippen LogP contribution is -2.49. The van der Waals surface area contributed by atoms with E-state index in [1.807, 2.05) is 0 Å². The van der Waals surface area contributed by atoms with Crippen molar-refractivity contribution in [1.29, 1.82) is 0 Å². The van der Waals surface area contributed by atoms with E-state index in [4.69, 9.17) is 14.6 Å². The van der Waals surface area contributed by atoms with Crippen LogP contribution >= 0.6 is 0 Å². The minimum absolute atomic E-state index is 0.153. The number of carboxylic acid groups (broad SMARTS) is 1. The quantitative estimate of drug-likeness (QED) is 0.898. The highest BCUT2D eigenvalue weighted by Gasteiger charge is 2.42. The first-order valence-electron chi connectivity index (χ1n) is 5.61. The van der Waals surface area contributed by atoms with E-state index in [1.54, 1.807) is 0 Å². The Balaban J connectivity index is 2.09. The van der Waals surface area contributed by atoms with Gasteiger partial charge >= 0.3 is 12.3 Å². The summed E-state index contributed by atoms with van der Waals surface area (Å²) in [6.45, 7) is -0.205. The molecule has 1 aliphatic rings. The van der Waals surface area contributed by atoms with E-state index in [9.17, 15) is 18.0 Å². The average molecular weight is 292 g/mol. The zero-order valence-corrected chi connectivity index (χ0v) is 10.1. The van der Waals surface area contributed by atoms with Crippen molar-refractivity contribution in [3.05, 3.63) is 29.8 Å². The molecule has 5 nitrogen and oxygen atoms in total. The molecule has 0 atom stereocenters. The van der Waals surface area contributed by atoms with Gasteiger partial charge in [-0.15, -0.1) is 13.2 Å². The molecule has 0 aliphatic carbocycles. The maximum Gasteiger partial charge on any atom is 0.573 e. The zero-order valence-electron chi connectivity index (χ0n) is 10.1. The molecule has 1 saturated heterocycles. The minimum Gasteiger partial charge on any atom is -0.480 e. The molecule has 1 heterocycles. The van der Waals surface area contributed by atoms with Gasteiger partial charge in [-0.3, -0.25) is 0 Å². The van der Waals surface area contributed by atoms with Crippen LogP contribution in [0.25, 0.3) is 0 Å². The second kappa shape index (κ2) is 5.29. The topological polar surface area (TPSA) is 65.0 Å². The number of halogens is 3. The van der Waals surface area contributed by atoms with E-state index in [-0.39, 0.29) is 19.0 Å². The van der Waals surface area contributed by atoms with Gasteiger partial charge in [-0.1, -0.05) is 12.1 Å². The third kappa shape index (κ3) is 3.40. The second-order valence-corrected chi connectivity index (χ2v) is 4.24. The SMILES string of the molecule is O=C(O)COC1(c2ccc(OC(F)(F)F)cc2)COC1. The van der Waals surface area contributed by atoms with Crippen LogP contribution in [0.5, 0.6) is 5.75 Å². The molecule has 1 N–H and O–H groups in total. The van der Waals surface area contributed by atoms with E-state index in [0.717, 1.165) is 12.1 Å². The van der Waals surface area contributed by atoms with Crippen LogP contribution in [-0.4, -0.2) is 37.3 Å². The van der Waals surface area contributed by atoms with Gasteiger partial charge in [-0.05, 0) is 17.7 Å². The molecule has 1 aromatic rings. The molecule has 0 aromatic heterocycles. The average Bonchev–Trinajstić information content (AvgIpc) is 2.27. The molecule has 8 heteroatoms. The number of carbonyl (C=O) groups is 1. The lowest BCUT2D eigenvalue weighted by Gasteiger charge is -2.41. The minimum atomic E-state index is -4.75. The Morgan fingerprint density at radius 2 is 1.90 bits per heavy atom. The molecule has 1 aromatic carbocycles. The van der Waals surface area contributed by atoms with Crippen molar-refractivity contribution >= 4 is 5.97 Å². The summed E-state index contributed by atoms with van der Waals surface area (Å²) in [4.78, 5) is 10.5. The lowest BCUT2D eigenvalue weighted by atomic mass is 9.91.